The van der Waals surface area contributed by atoms with E-state index in [-0.39, 0.29) is 0 Å². The number of aromatic nitrogens is 6. The highest BCUT2D eigenvalue weighted by molar-refractivity contribution is 9.13. The van der Waals surface area contributed by atoms with Crippen molar-refractivity contribution in [3.05, 3.63) is 19.0 Å². The summed E-state index contributed by atoms with van der Waals surface area (Å²) in [4.78, 5) is 3.56. The van der Waals surface area contributed by atoms with Gasteiger partial charge in [-0.1, -0.05) is 37.3 Å². The molecule has 0 spiro atoms. The summed E-state index contributed by atoms with van der Waals surface area (Å²) in [6.45, 7) is 0. The molecule has 0 bridgehead atoms. The van der Waals surface area contributed by atoms with E-state index in [9.17, 15) is 0 Å². The molecule has 0 amide bonds. The predicted octanol–water partition coefficient (Wildman–Crippen LogP) is 5.73. The SMILES string of the molecule is Brc1nn(C2CCCC2)nc1Br.Clc1nn(C2CCCC2)nc1Br. The molecule has 2 aliphatic carbocycles. The molecule has 0 N–H and O–H groups in total. The minimum atomic E-state index is 0.460. The summed E-state index contributed by atoms with van der Waals surface area (Å²) in [7, 11) is 0. The average Bonchev–Trinajstić information content (AvgIpc) is 3.32. The number of nitrogens with zero attached hydrogens (tertiary/aromatic N) is 6. The topological polar surface area (TPSA) is 61.4 Å². The quantitative estimate of drug-likeness (QED) is 0.484. The zero-order valence-electron chi connectivity index (χ0n) is 13.0. The van der Waals surface area contributed by atoms with E-state index < -0.39 is 0 Å². The molecule has 0 atom stereocenters. The van der Waals surface area contributed by atoms with E-state index in [1.54, 1.807) is 4.80 Å². The minimum absolute atomic E-state index is 0.460. The molecule has 0 radical (unpaired) electrons. The molecular weight excluding hydrogens is 527 g/mol. The van der Waals surface area contributed by atoms with E-state index in [1.165, 1.54) is 51.4 Å². The summed E-state index contributed by atoms with van der Waals surface area (Å²) in [5, 5.41) is 17.3. The van der Waals surface area contributed by atoms with E-state index in [1.807, 2.05) is 4.80 Å². The number of hydrogen-bond donors (Lipinski definition) is 0. The van der Waals surface area contributed by atoms with Crippen LogP contribution in [0.1, 0.15) is 63.5 Å². The van der Waals surface area contributed by atoms with Gasteiger partial charge in [-0.15, -0.1) is 20.4 Å². The van der Waals surface area contributed by atoms with Crippen molar-refractivity contribution in [3.63, 3.8) is 0 Å². The lowest BCUT2D eigenvalue weighted by atomic mass is 10.3. The van der Waals surface area contributed by atoms with Crippen LogP contribution in [0.25, 0.3) is 0 Å². The summed E-state index contributed by atoms with van der Waals surface area (Å²) in [6, 6.07) is 0.987. The van der Waals surface area contributed by atoms with Gasteiger partial charge >= 0.3 is 0 Å². The zero-order chi connectivity index (χ0) is 17.1. The monoisotopic (exact) mass is 542 g/mol. The third-order valence-electron chi connectivity index (χ3n) is 4.40. The Labute approximate surface area is 171 Å². The second-order valence-corrected chi connectivity index (χ2v) is 8.69. The summed E-state index contributed by atoms with van der Waals surface area (Å²) in [5.41, 5.74) is 0. The second kappa shape index (κ2) is 8.60. The third-order valence-corrected chi connectivity index (χ3v) is 7.02. The highest BCUT2D eigenvalue weighted by Crippen LogP contribution is 2.30. The van der Waals surface area contributed by atoms with Crippen LogP contribution in [0.4, 0.5) is 0 Å². The maximum atomic E-state index is 5.77. The smallest absolute Gasteiger partial charge is 0.180 e. The van der Waals surface area contributed by atoms with Gasteiger partial charge in [0, 0.05) is 0 Å². The molecule has 0 saturated heterocycles. The first-order chi connectivity index (χ1) is 11.5. The van der Waals surface area contributed by atoms with Gasteiger partial charge in [0.1, 0.15) is 0 Å². The molecule has 0 unspecified atom stereocenters. The number of hydrogen-bond acceptors (Lipinski definition) is 4. The first-order valence-corrected chi connectivity index (χ1v) is 10.9. The lowest BCUT2D eigenvalue weighted by molar-refractivity contribution is 0.411. The summed E-state index contributed by atoms with van der Waals surface area (Å²) in [6.07, 6.45) is 9.96. The Morgan fingerprint density at radius 2 is 1.04 bits per heavy atom. The summed E-state index contributed by atoms with van der Waals surface area (Å²) < 4.78 is 2.25. The van der Waals surface area contributed by atoms with Gasteiger partial charge in [0.15, 0.2) is 19.0 Å². The van der Waals surface area contributed by atoms with Gasteiger partial charge in [-0.3, -0.25) is 0 Å². The molecule has 6 nitrogen and oxygen atoms in total. The third kappa shape index (κ3) is 4.59. The van der Waals surface area contributed by atoms with E-state index in [0.717, 1.165) is 9.21 Å². The molecule has 2 aromatic rings. The van der Waals surface area contributed by atoms with Gasteiger partial charge in [-0.25, -0.2) is 0 Å². The van der Waals surface area contributed by atoms with Crippen molar-refractivity contribution in [2.24, 2.45) is 0 Å². The average molecular weight is 546 g/mol. The van der Waals surface area contributed by atoms with Crippen LogP contribution in [0.2, 0.25) is 5.15 Å². The maximum Gasteiger partial charge on any atom is 0.185 e. The molecule has 2 aromatic heterocycles. The van der Waals surface area contributed by atoms with Crippen LogP contribution in [0.15, 0.2) is 13.8 Å². The number of halogens is 4. The Kier molecular flexibility index (Phi) is 6.73. The van der Waals surface area contributed by atoms with Crippen LogP contribution >= 0.6 is 59.4 Å². The summed E-state index contributed by atoms with van der Waals surface area (Å²) in [5.74, 6) is 0. The normalized spacial score (nSPS) is 18.8. The lowest BCUT2D eigenvalue weighted by Crippen LogP contribution is -2.08. The fraction of sp³-hybridized carbons (Fsp3) is 0.714. The highest BCUT2D eigenvalue weighted by atomic mass is 79.9. The van der Waals surface area contributed by atoms with Crippen LogP contribution in [0.5, 0.6) is 0 Å². The Balaban J connectivity index is 0.000000141. The Morgan fingerprint density at radius 1 is 0.667 bits per heavy atom. The zero-order valence-corrected chi connectivity index (χ0v) is 18.5. The van der Waals surface area contributed by atoms with E-state index in [0.29, 0.717) is 21.8 Å². The molecule has 24 heavy (non-hydrogen) atoms. The predicted molar refractivity (Wildman–Crippen MR) is 103 cm³/mol. The van der Waals surface area contributed by atoms with Gasteiger partial charge in [0.2, 0.25) is 0 Å². The Bertz CT molecular complexity index is 579. The van der Waals surface area contributed by atoms with Crippen LogP contribution in [0, 0.1) is 0 Å². The van der Waals surface area contributed by atoms with Crippen molar-refractivity contribution in [1.82, 2.24) is 30.0 Å². The first kappa shape index (κ1) is 18.8. The van der Waals surface area contributed by atoms with Crippen molar-refractivity contribution in [1.29, 1.82) is 0 Å². The lowest BCUT2D eigenvalue weighted by Gasteiger charge is -2.05. The minimum Gasteiger partial charge on any atom is -0.180 e. The fourth-order valence-corrected chi connectivity index (χ4v) is 4.01. The van der Waals surface area contributed by atoms with Crippen molar-refractivity contribution in [2.75, 3.05) is 0 Å². The molecule has 2 aliphatic rings. The highest BCUT2D eigenvalue weighted by Gasteiger charge is 2.20. The molecule has 2 heterocycles. The first-order valence-electron chi connectivity index (χ1n) is 8.10. The number of rotatable bonds is 2. The standard InChI is InChI=1S/C7H9Br2N3.C7H9BrClN3/c2*8-6-7(9)11-12(10-6)5-3-1-2-4-5/h2*5H,1-4H2. The molecule has 132 valence electrons. The van der Waals surface area contributed by atoms with Crippen molar-refractivity contribution < 1.29 is 0 Å². The van der Waals surface area contributed by atoms with Crippen molar-refractivity contribution in [3.8, 4) is 0 Å². The van der Waals surface area contributed by atoms with Crippen LogP contribution in [-0.2, 0) is 0 Å². The Hall–Kier alpha value is 0.01000. The van der Waals surface area contributed by atoms with E-state index in [4.69, 9.17) is 11.6 Å². The van der Waals surface area contributed by atoms with Crippen LogP contribution < -0.4 is 0 Å². The van der Waals surface area contributed by atoms with Crippen LogP contribution in [-0.4, -0.2) is 30.0 Å². The molecule has 2 saturated carbocycles. The fourth-order valence-electron chi connectivity index (χ4n) is 3.17. The molecule has 0 aliphatic heterocycles. The van der Waals surface area contributed by atoms with E-state index in [2.05, 4.69) is 68.2 Å². The van der Waals surface area contributed by atoms with Gasteiger partial charge in [0.25, 0.3) is 0 Å². The van der Waals surface area contributed by atoms with E-state index >= 15 is 0 Å². The molecule has 0 aromatic carbocycles. The molecular formula is C14H18Br3ClN6. The maximum absolute atomic E-state index is 5.77. The van der Waals surface area contributed by atoms with Crippen molar-refractivity contribution >= 4 is 59.4 Å². The van der Waals surface area contributed by atoms with Crippen molar-refractivity contribution in [2.45, 2.75) is 63.5 Å². The van der Waals surface area contributed by atoms with Gasteiger partial charge in [-0.05, 0) is 73.5 Å². The van der Waals surface area contributed by atoms with Gasteiger partial charge in [0.05, 0.1) is 12.1 Å². The largest absolute Gasteiger partial charge is 0.185 e. The molecule has 4 rings (SSSR count). The van der Waals surface area contributed by atoms with Gasteiger partial charge < -0.3 is 0 Å². The molecule has 2 fully saturated rings. The Morgan fingerprint density at radius 3 is 1.42 bits per heavy atom. The van der Waals surface area contributed by atoms with Gasteiger partial charge in [-0.2, -0.15) is 9.59 Å². The van der Waals surface area contributed by atoms with Crippen LogP contribution in [0.3, 0.4) is 0 Å². The molecule has 10 heteroatoms. The second-order valence-electron chi connectivity index (χ2n) is 6.08. The summed E-state index contributed by atoms with van der Waals surface area (Å²) >= 11 is 15.6.